The van der Waals surface area contributed by atoms with Crippen LogP contribution in [0.4, 0.5) is 0 Å². The van der Waals surface area contributed by atoms with Crippen LogP contribution in [-0.2, 0) is 4.79 Å². The molecule has 0 radical (unpaired) electrons. The first kappa shape index (κ1) is 15.4. The van der Waals surface area contributed by atoms with Crippen LogP contribution < -0.4 is 16.8 Å². The van der Waals surface area contributed by atoms with Gasteiger partial charge in [-0.3, -0.25) is 4.79 Å². The van der Waals surface area contributed by atoms with Gasteiger partial charge in [0.2, 0.25) is 5.91 Å². The quantitative estimate of drug-likeness (QED) is 0.605. The molecule has 0 aliphatic heterocycles. The molecule has 4 heteroatoms. The van der Waals surface area contributed by atoms with E-state index in [9.17, 15) is 4.79 Å². The smallest absolute Gasteiger partial charge is 0.222 e. The molecule has 0 aliphatic rings. The molecule has 0 bridgehead atoms. The monoisotopic (exact) mass is 229 g/mol. The van der Waals surface area contributed by atoms with Gasteiger partial charge in [-0.1, -0.05) is 27.7 Å². The second-order valence-corrected chi connectivity index (χ2v) is 5.15. The first-order valence-electron chi connectivity index (χ1n) is 6.13. The fourth-order valence-corrected chi connectivity index (χ4v) is 1.28. The highest BCUT2D eigenvalue weighted by Gasteiger charge is 2.12. The Kier molecular flexibility index (Phi) is 7.34. The summed E-state index contributed by atoms with van der Waals surface area (Å²) in [5, 5.41) is 2.83. The minimum Gasteiger partial charge on any atom is -0.354 e. The number of carbonyl (C=O) groups excluding carboxylic acids is 1. The number of carbonyl (C=O) groups is 1. The number of nitrogens with two attached hydrogens (primary N) is 2. The number of hydrogen-bond donors (Lipinski definition) is 3. The van der Waals surface area contributed by atoms with Crippen LogP contribution in [0.3, 0.4) is 0 Å². The molecule has 0 fully saturated rings. The van der Waals surface area contributed by atoms with Crippen molar-refractivity contribution in [3.63, 3.8) is 0 Å². The van der Waals surface area contributed by atoms with Crippen molar-refractivity contribution in [1.82, 2.24) is 5.32 Å². The van der Waals surface area contributed by atoms with Crippen LogP contribution in [0, 0.1) is 11.8 Å². The molecule has 0 rings (SSSR count). The third-order valence-electron chi connectivity index (χ3n) is 2.79. The standard InChI is InChI=1S/C12H27N3O/c1-8(2)11(14)6-5-10(13)7-15-12(16)9(3)4/h8-11H,5-7,13-14H2,1-4H3,(H,15,16)/t10-,11?/m0/s1. The molecule has 96 valence electrons. The third-order valence-corrected chi connectivity index (χ3v) is 2.79. The molecule has 0 saturated heterocycles. The molecule has 0 aromatic carbocycles. The number of hydrogen-bond acceptors (Lipinski definition) is 3. The molecule has 0 aliphatic carbocycles. The Morgan fingerprint density at radius 1 is 1.12 bits per heavy atom. The highest BCUT2D eigenvalue weighted by atomic mass is 16.1. The van der Waals surface area contributed by atoms with Crippen molar-refractivity contribution in [2.24, 2.45) is 23.3 Å². The normalized spacial score (nSPS) is 15.2. The van der Waals surface area contributed by atoms with E-state index in [1.807, 2.05) is 13.8 Å². The van der Waals surface area contributed by atoms with Crippen LogP contribution in [0.25, 0.3) is 0 Å². The van der Waals surface area contributed by atoms with Crippen molar-refractivity contribution in [3.8, 4) is 0 Å². The zero-order chi connectivity index (χ0) is 12.7. The first-order valence-corrected chi connectivity index (χ1v) is 6.13. The molecule has 0 aromatic heterocycles. The van der Waals surface area contributed by atoms with Crippen molar-refractivity contribution in [1.29, 1.82) is 0 Å². The molecule has 1 unspecified atom stereocenters. The van der Waals surface area contributed by atoms with E-state index in [2.05, 4.69) is 19.2 Å². The number of amides is 1. The summed E-state index contributed by atoms with van der Waals surface area (Å²) in [5.41, 5.74) is 11.8. The molecule has 0 heterocycles. The van der Waals surface area contributed by atoms with Crippen LogP contribution in [0.2, 0.25) is 0 Å². The predicted octanol–water partition coefficient (Wildman–Crippen LogP) is 0.849. The molecular formula is C12H27N3O. The Labute approximate surface area is 99.1 Å². The number of nitrogens with one attached hydrogen (secondary N) is 1. The molecule has 0 spiro atoms. The summed E-state index contributed by atoms with van der Waals surface area (Å²) in [4.78, 5) is 11.3. The summed E-state index contributed by atoms with van der Waals surface area (Å²) < 4.78 is 0. The van der Waals surface area contributed by atoms with Crippen molar-refractivity contribution >= 4 is 5.91 Å². The van der Waals surface area contributed by atoms with Gasteiger partial charge in [0.1, 0.15) is 0 Å². The molecule has 2 atom stereocenters. The topological polar surface area (TPSA) is 81.1 Å². The summed E-state index contributed by atoms with van der Waals surface area (Å²) in [6, 6.07) is 0.208. The lowest BCUT2D eigenvalue weighted by Gasteiger charge is -2.19. The minimum absolute atomic E-state index is 0.00694. The van der Waals surface area contributed by atoms with Gasteiger partial charge in [-0.25, -0.2) is 0 Å². The predicted molar refractivity (Wildman–Crippen MR) is 67.9 cm³/mol. The average molecular weight is 229 g/mol. The average Bonchev–Trinajstić information content (AvgIpc) is 2.21. The molecule has 4 nitrogen and oxygen atoms in total. The van der Waals surface area contributed by atoms with E-state index in [0.717, 1.165) is 12.8 Å². The van der Waals surface area contributed by atoms with E-state index < -0.39 is 0 Å². The van der Waals surface area contributed by atoms with E-state index in [1.165, 1.54) is 0 Å². The fraction of sp³-hybridized carbons (Fsp3) is 0.917. The second kappa shape index (κ2) is 7.63. The van der Waals surface area contributed by atoms with E-state index in [0.29, 0.717) is 12.5 Å². The summed E-state index contributed by atoms with van der Waals surface area (Å²) in [5.74, 6) is 0.561. The van der Waals surface area contributed by atoms with Crippen LogP contribution in [0.15, 0.2) is 0 Å². The van der Waals surface area contributed by atoms with Crippen molar-refractivity contribution < 1.29 is 4.79 Å². The molecular weight excluding hydrogens is 202 g/mol. The van der Waals surface area contributed by atoms with Gasteiger partial charge in [-0.05, 0) is 18.8 Å². The second-order valence-electron chi connectivity index (χ2n) is 5.15. The lowest BCUT2D eigenvalue weighted by atomic mass is 9.98. The maximum Gasteiger partial charge on any atom is 0.222 e. The third kappa shape index (κ3) is 6.80. The molecule has 0 aromatic rings. The Bertz CT molecular complexity index is 204. The van der Waals surface area contributed by atoms with Crippen molar-refractivity contribution in [3.05, 3.63) is 0 Å². The molecule has 5 N–H and O–H groups in total. The first-order chi connectivity index (χ1) is 7.34. The molecule has 16 heavy (non-hydrogen) atoms. The van der Waals surface area contributed by atoms with Gasteiger partial charge in [-0.15, -0.1) is 0 Å². The van der Waals surface area contributed by atoms with Gasteiger partial charge in [0.15, 0.2) is 0 Å². The summed E-state index contributed by atoms with van der Waals surface area (Å²) in [7, 11) is 0. The zero-order valence-corrected chi connectivity index (χ0v) is 11.0. The Hall–Kier alpha value is -0.610. The lowest BCUT2D eigenvalue weighted by Crippen LogP contribution is -2.40. The van der Waals surface area contributed by atoms with E-state index in [-0.39, 0.29) is 23.9 Å². The van der Waals surface area contributed by atoms with Gasteiger partial charge in [0.05, 0.1) is 0 Å². The van der Waals surface area contributed by atoms with Gasteiger partial charge >= 0.3 is 0 Å². The Morgan fingerprint density at radius 3 is 2.12 bits per heavy atom. The van der Waals surface area contributed by atoms with E-state index in [1.54, 1.807) is 0 Å². The Balaban J connectivity index is 3.67. The van der Waals surface area contributed by atoms with Gasteiger partial charge in [0, 0.05) is 24.5 Å². The highest BCUT2D eigenvalue weighted by Crippen LogP contribution is 2.06. The lowest BCUT2D eigenvalue weighted by molar-refractivity contribution is -0.124. The fourth-order valence-electron chi connectivity index (χ4n) is 1.28. The maximum atomic E-state index is 11.3. The SMILES string of the molecule is CC(C)C(=O)NC[C@@H](N)CCC(N)C(C)C. The van der Waals surface area contributed by atoms with Gasteiger partial charge in [0.25, 0.3) is 0 Å². The zero-order valence-electron chi connectivity index (χ0n) is 11.0. The van der Waals surface area contributed by atoms with Gasteiger partial charge in [-0.2, -0.15) is 0 Å². The van der Waals surface area contributed by atoms with Crippen LogP contribution >= 0.6 is 0 Å². The number of rotatable bonds is 7. The highest BCUT2D eigenvalue weighted by molar-refractivity contribution is 5.77. The minimum atomic E-state index is 0.00694. The van der Waals surface area contributed by atoms with Gasteiger partial charge < -0.3 is 16.8 Å². The van der Waals surface area contributed by atoms with Crippen LogP contribution in [-0.4, -0.2) is 24.5 Å². The molecule has 0 saturated carbocycles. The summed E-state index contributed by atoms with van der Waals surface area (Å²) >= 11 is 0. The van der Waals surface area contributed by atoms with Crippen LogP contribution in [0.5, 0.6) is 0 Å². The summed E-state index contributed by atoms with van der Waals surface area (Å²) in [6.07, 6.45) is 1.77. The summed E-state index contributed by atoms with van der Waals surface area (Å²) in [6.45, 7) is 8.50. The van der Waals surface area contributed by atoms with Crippen molar-refractivity contribution in [2.75, 3.05) is 6.54 Å². The van der Waals surface area contributed by atoms with E-state index >= 15 is 0 Å². The van der Waals surface area contributed by atoms with Crippen LogP contribution in [0.1, 0.15) is 40.5 Å². The Morgan fingerprint density at radius 2 is 1.69 bits per heavy atom. The molecule has 1 amide bonds. The van der Waals surface area contributed by atoms with Crippen molar-refractivity contribution in [2.45, 2.75) is 52.6 Å². The maximum absolute atomic E-state index is 11.3. The largest absolute Gasteiger partial charge is 0.354 e. The van der Waals surface area contributed by atoms with E-state index in [4.69, 9.17) is 11.5 Å².